The molecule has 1 unspecified atom stereocenters. The van der Waals surface area contributed by atoms with Gasteiger partial charge in [-0.3, -0.25) is 4.79 Å². The summed E-state index contributed by atoms with van der Waals surface area (Å²) in [5.41, 5.74) is 0.0651. The summed E-state index contributed by atoms with van der Waals surface area (Å²) < 4.78 is 27.5. The zero-order valence-corrected chi connectivity index (χ0v) is 11.8. The normalized spacial score (nSPS) is 12.7. The van der Waals surface area contributed by atoms with Crippen LogP contribution in [0.25, 0.3) is 0 Å². The van der Waals surface area contributed by atoms with Gasteiger partial charge in [0.05, 0.1) is 11.5 Å². The fourth-order valence-corrected chi connectivity index (χ4v) is 2.12. The summed E-state index contributed by atoms with van der Waals surface area (Å²) in [5.74, 6) is -1.92. The van der Waals surface area contributed by atoms with Crippen molar-refractivity contribution in [2.75, 3.05) is 20.0 Å². The molecule has 0 aromatic heterocycles. The van der Waals surface area contributed by atoms with Crippen LogP contribution >= 0.6 is 0 Å². The molecule has 20 heavy (non-hydrogen) atoms. The smallest absolute Gasteiger partial charge is 0.328 e. The number of ether oxygens (including phenoxy) is 1. The number of carboxylic acids is 1. The van der Waals surface area contributed by atoms with Gasteiger partial charge < -0.3 is 15.2 Å². The van der Waals surface area contributed by atoms with Crippen molar-refractivity contribution < 1.29 is 27.9 Å². The number of amides is 1. The summed E-state index contributed by atoms with van der Waals surface area (Å²) in [6, 6.07) is 4.16. The summed E-state index contributed by atoms with van der Waals surface area (Å²) in [5, 5.41) is 11.1. The molecule has 0 spiro atoms. The van der Waals surface area contributed by atoms with E-state index in [0.717, 1.165) is 6.26 Å². The van der Waals surface area contributed by atoms with Crippen molar-refractivity contribution in [3.8, 4) is 0 Å². The van der Waals surface area contributed by atoms with Gasteiger partial charge in [0.25, 0.3) is 5.91 Å². The Morgan fingerprint density at radius 3 is 2.55 bits per heavy atom. The highest BCUT2D eigenvalue weighted by Gasteiger charge is 2.21. The molecular weight excluding hydrogens is 286 g/mol. The molecule has 0 radical (unpaired) electrons. The summed E-state index contributed by atoms with van der Waals surface area (Å²) in [6.07, 6.45) is 1.02. The van der Waals surface area contributed by atoms with Crippen molar-refractivity contribution in [1.29, 1.82) is 0 Å². The van der Waals surface area contributed by atoms with Gasteiger partial charge in [0, 0.05) is 18.9 Å². The van der Waals surface area contributed by atoms with Gasteiger partial charge in [0.1, 0.15) is 0 Å². The first-order chi connectivity index (χ1) is 9.25. The minimum Gasteiger partial charge on any atom is -0.480 e. The van der Waals surface area contributed by atoms with E-state index in [-0.39, 0.29) is 17.1 Å². The number of rotatable bonds is 6. The Morgan fingerprint density at radius 2 is 2.05 bits per heavy atom. The number of aliphatic carboxylic acids is 1. The van der Waals surface area contributed by atoms with E-state index in [9.17, 15) is 18.0 Å². The number of carbonyl (C=O) groups excluding carboxylic acids is 1. The molecule has 7 nitrogen and oxygen atoms in total. The van der Waals surface area contributed by atoms with Gasteiger partial charge in [0.15, 0.2) is 15.9 Å². The van der Waals surface area contributed by atoms with Gasteiger partial charge in [-0.25, -0.2) is 13.2 Å². The highest BCUT2D eigenvalue weighted by Crippen LogP contribution is 2.11. The number of carboxylic acid groups (broad SMARTS) is 1. The number of benzene rings is 1. The van der Waals surface area contributed by atoms with Gasteiger partial charge >= 0.3 is 5.97 Å². The van der Waals surface area contributed by atoms with Gasteiger partial charge in [-0.05, 0) is 18.2 Å². The standard InChI is InChI=1S/C12H15NO6S/c1-19-7-10(12(15)16)13-11(14)8-4-3-5-9(6-8)20(2,17)18/h3-6,10H,7H2,1-2H3,(H,13,14)(H,15,16). The monoisotopic (exact) mass is 301 g/mol. The first-order valence-electron chi connectivity index (χ1n) is 5.58. The van der Waals surface area contributed by atoms with Crippen LogP contribution in [0.2, 0.25) is 0 Å². The van der Waals surface area contributed by atoms with Crippen molar-refractivity contribution in [2.45, 2.75) is 10.9 Å². The van der Waals surface area contributed by atoms with Gasteiger partial charge in [-0.2, -0.15) is 0 Å². The van der Waals surface area contributed by atoms with Crippen LogP contribution in [0.4, 0.5) is 0 Å². The molecule has 0 heterocycles. The van der Waals surface area contributed by atoms with Crippen LogP contribution in [0.15, 0.2) is 29.2 Å². The second-order valence-corrected chi connectivity index (χ2v) is 6.14. The molecule has 1 rings (SSSR count). The summed E-state index contributed by atoms with van der Waals surface area (Å²) in [4.78, 5) is 22.8. The predicted molar refractivity (Wildman–Crippen MR) is 70.3 cm³/mol. The Hall–Kier alpha value is -1.93. The second kappa shape index (κ2) is 6.49. The maximum absolute atomic E-state index is 11.9. The van der Waals surface area contributed by atoms with Crippen molar-refractivity contribution in [2.24, 2.45) is 0 Å². The second-order valence-electron chi connectivity index (χ2n) is 4.12. The molecule has 0 saturated heterocycles. The minimum absolute atomic E-state index is 0.0104. The van der Waals surface area contributed by atoms with Crippen LogP contribution < -0.4 is 5.32 Å². The van der Waals surface area contributed by atoms with Gasteiger partial charge in [-0.1, -0.05) is 6.07 Å². The van der Waals surface area contributed by atoms with Crippen LogP contribution in [-0.2, 0) is 19.4 Å². The third kappa shape index (κ3) is 4.32. The Bertz CT molecular complexity index is 610. The number of carbonyl (C=O) groups is 2. The molecule has 0 aliphatic heterocycles. The molecule has 1 atom stereocenters. The fourth-order valence-electron chi connectivity index (χ4n) is 1.45. The predicted octanol–water partition coefficient (Wildman–Crippen LogP) is -0.0805. The van der Waals surface area contributed by atoms with Crippen molar-refractivity contribution >= 4 is 21.7 Å². The van der Waals surface area contributed by atoms with E-state index < -0.39 is 27.8 Å². The Morgan fingerprint density at radius 1 is 1.40 bits per heavy atom. The van der Waals surface area contributed by atoms with Crippen LogP contribution in [-0.4, -0.2) is 51.4 Å². The molecule has 1 amide bonds. The molecule has 0 saturated carbocycles. The first-order valence-corrected chi connectivity index (χ1v) is 7.47. The zero-order chi connectivity index (χ0) is 15.3. The maximum atomic E-state index is 11.9. The average Bonchev–Trinajstić information content (AvgIpc) is 2.37. The van der Waals surface area contributed by atoms with Crippen LogP contribution in [0.3, 0.4) is 0 Å². The third-order valence-electron chi connectivity index (χ3n) is 2.46. The largest absolute Gasteiger partial charge is 0.480 e. The molecule has 1 aromatic carbocycles. The van der Waals surface area contributed by atoms with E-state index in [1.165, 1.54) is 31.4 Å². The summed E-state index contributed by atoms with van der Waals surface area (Å²) >= 11 is 0. The van der Waals surface area contributed by atoms with E-state index >= 15 is 0 Å². The molecular formula is C12H15NO6S. The van der Waals surface area contributed by atoms with E-state index in [1.807, 2.05) is 0 Å². The van der Waals surface area contributed by atoms with E-state index in [2.05, 4.69) is 10.1 Å². The number of sulfone groups is 1. The molecule has 8 heteroatoms. The SMILES string of the molecule is COCC(NC(=O)c1cccc(S(C)(=O)=O)c1)C(=O)O. The van der Waals surface area contributed by atoms with E-state index in [0.29, 0.717) is 0 Å². The molecule has 0 bridgehead atoms. The Kier molecular flexibility index (Phi) is 5.23. The number of nitrogens with one attached hydrogen (secondary N) is 1. The highest BCUT2D eigenvalue weighted by atomic mass is 32.2. The van der Waals surface area contributed by atoms with Crippen molar-refractivity contribution in [3.63, 3.8) is 0 Å². The summed E-state index contributed by atoms with van der Waals surface area (Å²) in [7, 11) is -2.12. The molecule has 1 aromatic rings. The summed E-state index contributed by atoms with van der Waals surface area (Å²) in [6.45, 7) is -0.188. The lowest BCUT2D eigenvalue weighted by molar-refractivity contribution is -0.140. The first kappa shape index (κ1) is 16.1. The topological polar surface area (TPSA) is 110 Å². The molecule has 0 aliphatic carbocycles. The quantitative estimate of drug-likeness (QED) is 0.760. The van der Waals surface area contributed by atoms with Gasteiger partial charge in [-0.15, -0.1) is 0 Å². The molecule has 110 valence electrons. The molecule has 0 aliphatic rings. The van der Waals surface area contributed by atoms with Crippen LogP contribution in [0.5, 0.6) is 0 Å². The van der Waals surface area contributed by atoms with Crippen molar-refractivity contribution in [3.05, 3.63) is 29.8 Å². The fraction of sp³-hybridized carbons (Fsp3) is 0.333. The average molecular weight is 301 g/mol. The minimum atomic E-state index is -3.43. The lowest BCUT2D eigenvalue weighted by Gasteiger charge is -2.13. The number of hydrogen-bond acceptors (Lipinski definition) is 5. The number of hydrogen-bond donors (Lipinski definition) is 2. The molecule has 2 N–H and O–H groups in total. The van der Waals surface area contributed by atoms with E-state index in [1.54, 1.807) is 0 Å². The molecule has 0 fully saturated rings. The van der Waals surface area contributed by atoms with Gasteiger partial charge in [0.2, 0.25) is 0 Å². The lowest BCUT2D eigenvalue weighted by Crippen LogP contribution is -2.43. The van der Waals surface area contributed by atoms with E-state index in [4.69, 9.17) is 5.11 Å². The maximum Gasteiger partial charge on any atom is 0.328 e. The van der Waals surface area contributed by atoms with Crippen molar-refractivity contribution in [1.82, 2.24) is 5.32 Å². The Labute approximate surface area is 116 Å². The lowest BCUT2D eigenvalue weighted by atomic mass is 10.2. The third-order valence-corrected chi connectivity index (χ3v) is 3.57. The van der Waals surface area contributed by atoms with Crippen LogP contribution in [0, 0.1) is 0 Å². The van der Waals surface area contributed by atoms with Crippen LogP contribution in [0.1, 0.15) is 10.4 Å². The zero-order valence-electron chi connectivity index (χ0n) is 11.0. The highest BCUT2D eigenvalue weighted by molar-refractivity contribution is 7.90. The Balaban J connectivity index is 2.95. The number of methoxy groups -OCH3 is 1.